The molecule has 0 saturated heterocycles. The number of hydrogen-bond acceptors (Lipinski definition) is 3. The van der Waals surface area contributed by atoms with Crippen molar-refractivity contribution in [1.82, 2.24) is 4.57 Å². The van der Waals surface area contributed by atoms with Crippen molar-refractivity contribution in [2.24, 2.45) is 5.73 Å². The van der Waals surface area contributed by atoms with Crippen LogP contribution in [0.4, 0.5) is 0 Å². The molecule has 4 heteroatoms. The van der Waals surface area contributed by atoms with Crippen molar-refractivity contribution in [2.75, 3.05) is 0 Å². The number of nitrogens with two attached hydrogens (primary N) is 1. The Morgan fingerprint density at radius 2 is 2.18 bits per heavy atom. The van der Waals surface area contributed by atoms with E-state index in [-0.39, 0.29) is 11.8 Å². The molecule has 1 atom stereocenters. The van der Waals surface area contributed by atoms with E-state index in [1.54, 1.807) is 4.57 Å². The molecule has 2 aromatic rings. The Labute approximate surface area is 100 Å². The molecule has 1 heterocycles. The maximum atomic E-state index is 11.5. The van der Waals surface area contributed by atoms with E-state index in [0.717, 1.165) is 23.9 Å². The summed E-state index contributed by atoms with van der Waals surface area (Å²) in [6.07, 6.45) is 1.98. The summed E-state index contributed by atoms with van der Waals surface area (Å²) < 4.78 is 6.83. The van der Waals surface area contributed by atoms with Crippen LogP contribution < -0.4 is 11.5 Å². The van der Waals surface area contributed by atoms with Gasteiger partial charge < -0.3 is 10.2 Å². The minimum absolute atomic E-state index is 0.0136. The predicted molar refractivity (Wildman–Crippen MR) is 68.0 cm³/mol. The molecule has 1 unspecified atom stereocenters. The highest BCUT2D eigenvalue weighted by Gasteiger charge is 2.11. The van der Waals surface area contributed by atoms with E-state index in [1.165, 1.54) is 0 Å². The molecular formula is C13H18N2O2. The Bertz CT molecular complexity index is 568. The van der Waals surface area contributed by atoms with Crippen LogP contribution in [0.5, 0.6) is 0 Å². The second kappa shape index (κ2) is 4.75. The van der Waals surface area contributed by atoms with E-state index in [4.69, 9.17) is 10.2 Å². The average molecular weight is 234 g/mol. The summed E-state index contributed by atoms with van der Waals surface area (Å²) in [7, 11) is 0. The third kappa shape index (κ3) is 2.13. The minimum Gasteiger partial charge on any atom is -0.408 e. The molecule has 0 aliphatic rings. The average Bonchev–Trinajstić information content (AvgIpc) is 2.63. The first-order valence-corrected chi connectivity index (χ1v) is 6.06. The highest BCUT2D eigenvalue weighted by Crippen LogP contribution is 2.21. The van der Waals surface area contributed by atoms with Gasteiger partial charge in [-0.3, -0.25) is 4.57 Å². The number of aryl methyl sites for hydroxylation is 1. The molecule has 2 N–H and O–H groups in total. The zero-order valence-electron chi connectivity index (χ0n) is 10.3. The molecule has 2 rings (SSSR count). The fraction of sp³-hybridized carbons (Fsp3) is 0.462. The molecule has 17 heavy (non-hydrogen) atoms. The van der Waals surface area contributed by atoms with Gasteiger partial charge in [0, 0.05) is 12.6 Å². The topological polar surface area (TPSA) is 61.2 Å². The van der Waals surface area contributed by atoms with Crippen molar-refractivity contribution < 1.29 is 4.42 Å². The van der Waals surface area contributed by atoms with Crippen molar-refractivity contribution >= 4 is 11.1 Å². The lowest BCUT2D eigenvalue weighted by Crippen LogP contribution is -2.12. The molecule has 0 saturated carbocycles. The van der Waals surface area contributed by atoms with E-state index in [1.807, 2.05) is 25.1 Å². The van der Waals surface area contributed by atoms with Gasteiger partial charge in [-0.25, -0.2) is 4.79 Å². The number of benzene rings is 1. The molecule has 1 aromatic carbocycles. The van der Waals surface area contributed by atoms with Gasteiger partial charge in [-0.2, -0.15) is 0 Å². The van der Waals surface area contributed by atoms with Gasteiger partial charge in [-0.05, 0) is 31.0 Å². The van der Waals surface area contributed by atoms with Gasteiger partial charge in [0.15, 0.2) is 5.58 Å². The van der Waals surface area contributed by atoms with Crippen LogP contribution in [0, 0.1) is 0 Å². The first kappa shape index (κ1) is 11.9. The first-order valence-electron chi connectivity index (χ1n) is 6.06. The second-order valence-corrected chi connectivity index (χ2v) is 4.23. The SMILES string of the molecule is CCCC(N)c1ccc2c(c1)oc(=O)n2CC. The molecule has 0 aliphatic heterocycles. The molecule has 0 fully saturated rings. The smallest absolute Gasteiger partial charge is 0.408 e. The summed E-state index contributed by atoms with van der Waals surface area (Å²) >= 11 is 0. The van der Waals surface area contributed by atoms with Crippen molar-refractivity contribution in [3.8, 4) is 0 Å². The number of aromatic nitrogens is 1. The van der Waals surface area contributed by atoms with E-state index >= 15 is 0 Å². The Morgan fingerprint density at radius 3 is 2.82 bits per heavy atom. The standard InChI is InChI=1S/C13H18N2O2/c1-3-5-10(14)9-6-7-11-12(8-9)17-13(16)15(11)4-2/h6-8,10H,3-5,14H2,1-2H3. The Kier molecular flexibility index (Phi) is 3.33. The van der Waals surface area contributed by atoms with E-state index < -0.39 is 0 Å². The molecular weight excluding hydrogens is 216 g/mol. The van der Waals surface area contributed by atoms with Gasteiger partial charge in [0.2, 0.25) is 0 Å². The lowest BCUT2D eigenvalue weighted by atomic mass is 10.0. The Balaban J connectivity index is 2.48. The largest absolute Gasteiger partial charge is 0.419 e. The number of nitrogens with zero attached hydrogens (tertiary/aromatic N) is 1. The van der Waals surface area contributed by atoms with Crippen LogP contribution in [0.2, 0.25) is 0 Å². The van der Waals surface area contributed by atoms with Crippen molar-refractivity contribution in [1.29, 1.82) is 0 Å². The molecule has 4 nitrogen and oxygen atoms in total. The van der Waals surface area contributed by atoms with Crippen LogP contribution in [-0.2, 0) is 6.54 Å². The fourth-order valence-electron chi connectivity index (χ4n) is 2.09. The highest BCUT2D eigenvalue weighted by atomic mass is 16.4. The zero-order valence-corrected chi connectivity index (χ0v) is 10.3. The lowest BCUT2D eigenvalue weighted by Gasteiger charge is -2.10. The van der Waals surface area contributed by atoms with Crippen LogP contribution in [-0.4, -0.2) is 4.57 Å². The second-order valence-electron chi connectivity index (χ2n) is 4.23. The van der Waals surface area contributed by atoms with Gasteiger partial charge in [0.25, 0.3) is 0 Å². The molecule has 0 aliphatic carbocycles. The summed E-state index contributed by atoms with van der Waals surface area (Å²) in [6, 6.07) is 5.78. The number of rotatable bonds is 4. The Hall–Kier alpha value is -1.55. The summed E-state index contributed by atoms with van der Waals surface area (Å²) in [4.78, 5) is 11.5. The van der Waals surface area contributed by atoms with Crippen molar-refractivity contribution in [3.05, 3.63) is 34.3 Å². The summed E-state index contributed by atoms with van der Waals surface area (Å²) in [5.74, 6) is -0.302. The third-order valence-corrected chi connectivity index (χ3v) is 3.04. The number of fused-ring (bicyclic) bond motifs is 1. The Morgan fingerprint density at radius 1 is 1.41 bits per heavy atom. The summed E-state index contributed by atoms with van der Waals surface area (Å²) in [5.41, 5.74) is 8.54. The van der Waals surface area contributed by atoms with E-state index in [0.29, 0.717) is 12.1 Å². The van der Waals surface area contributed by atoms with Gasteiger partial charge in [0.1, 0.15) is 0 Å². The lowest BCUT2D eigenvalue weighted by molar-refractivity contribution is 0.512. The molecule has 0 amide bonds. The van der Waals surface area contributed by atoms with Gasteiger partial charge in [-0.15, -0.1) is 0 Å². The molecule has 0 bridgehead atoms. The molecule has 0 radical (unpaired) electrons. The van der Waals surface area contributed by atoms with Crippen LogP contribution in [0.15, 0.2) is 27.4 Å². The van der Waals surface area contributed by atoms with Crippen molar-refractivity contribution in [2.45, 2.75) is 39.3 Å². The van der Waals surface area contributed by atoms with Crippen LogP contribution in [0.1, 0.15) is 38.3 Å². The normalized spacial score (nSPS) is 13.1. The molecule has 92 valence electrons. The number of oxazole rings is 1. The first-order chi connectivity index (χ1) is 8.17. The maximum Gasteiger partial charge on any atom is 0.419 e. The van der Waals surface area contributed by atoms with Crippen molar-refractivity contribution in [3.63, 3.8) is 0 Å². The number of hydrogen-bond donors (Lipinski definition) is 1. The summed E-state index contributed by atoms with van der Waals surface area (Å²) in [5, 5.41) is 0. The van der Waals surface area contributed by atoms with Crippen LogP contribution in [0.3, 0.4) is 0 Å². The van der Waals surface area contributed by atoms with Gasteiger partial charge in [0.05, 0.1) is 5.52 Å². The predicted octanol–water partition coefficient (Wildman–Crippen LogP) is 2.41. The molecule has 0 spiro atoms. The fourth-order valence-corrected chi connectivity index (χ4v) is 2.09. The van der Waals surface area contributed by atoms with Crippen LogP contribution >= 0.6 is 0 Å². The highest BCUT2D eigenvalue weighted by molar-refractivity contribution is 5.73. The zero-order chi connectivity index (χ0) is 12.4. The van der Waals surface area contributed by atoms with Crippen LogP contribution in [0.25, 0.3) is 11.1 Å². The monoisotopic (exact) mass is 234 g/mol. The van der Waals surface area contributed by atoms with Gasteiger partial charge in [-0.1, -0.05) is 19.4 Å². The van der Waals surface area contributed by atoms with E-state index in [9.17, 15) is 4.79 Å². The quantitative estimate of drug-likeness (QED) is 0.883. The maximum absolute atomic E-state index is 11.5. The van der Waals surface area contributed by atoms with E-state index in [2.05, 4.69) is 6.92 Å². The third-order valence-electron chi connectivity index (χ3n) is 3.04. The van der Waals surface area contributed by atoms with Gasteiger partial charge >= 0.3 is 5.76 Å². The molecule has 1 aromatic heterocycles. The summed E-state index contributed by atoms with van der Waals surface area (Å²) in [6.45, 7) is 4.64. The minimum atomic E-state index is -0.302.